The van der Waals surface area contributed by atoms with Crippen molar-refractivity contribution in [1.82, 2.24) is 0 Å². The van der Waals surface area contributed by atoms with Crippen molar-refractivity contribution in [1.29, 1.82) is 0 Å². The van der Waals surface area contributed by atoms with Crippen LogP contribution in [0.5, 0.6) is 0 Å². The summed E-state index contributed by atoms with van der Waals surface area (Å²) in [5, 5.41) is 0. The number of carbonyl (C=O) groups is 1. The highest BCUT2D eigenvalue weighted by Gasteiger charge is 2.34. The molecule has 1 unspecified atom stereocenters. The molecular weight excluding hydrogens is 198 g/mol. The third kappa shape index (κ3) is 1.91. The monoisotopic (exact) mass is 210 g/mol. The Balaban J connectivity index is 2.31. The van der Waals surface area contributed by atoms with E-state index in [4.69, 9.17) is 0 Å². The summed E-state index contributed by atoms with van der Waals surface area (Å²) in [5.74, 6) is -1.87. The molecule has 3 heteroatoms. The summed E-state index contributed by atoms with van der Waals surface area (Å²) in [6.45, 7) is 1.74. The lowest BCUT2D eigenvalue weighted by atomic mass is 9.94. The number of carbonyl (C=O) groups excluding carboxylic acids is 1. The van der Waals surface area contributed by atoms with Gasteiger partial charge in [-0.1, -0.05) is 13.0 Å². The van der Waals surface area contributed by atoms with E-state index in [0.29, 0.717) is 5.92 Å². The van der Waals surface area contributed by atoms with Gasteiger partial charge in [-0.2, -0.15) is 0 Å². The van der Waals surface area contributed by atoms with Gasteiger partial charge in [0.15, 0.2) is 5.78 Å². The number of ketones is 1. The maximum absolute atomic E-state index is 13.3. The van der Waals surface area contributed by atoms with Gasteiger partial charge in [-0.25, -0.2) is 8.78 Å². The molecule has 1 aliphatic rings. The Morgan fingerprint density at radius 3 is 2.33 bits per heavy atom. The van der Waals surface area contributed by atoms with Crippen LogP contribution in [0.15, 0.2) is 18.2 Å². The Hall–Kier alpha value is -1.25. The average molecular weight is 210 g/mol. The first-order valence-corrected chi connectivity index (χ1v) is 5.09. The first-order chi connectivity index (χ1) is 7.11. The van der Waals surface area contributed by atoms with Crippen LogP contribution >= 0.6 is 0 Å². The molecule has 1 aromatic carbocycles. The quantitative estimate of drug-likeness (QED) is 0.700. The van der Waals surface area contributed by atoms with Gasteiger partial charge in [-0.05, 0) is 30.9 Å². The molecule has 0 amide bonds. The molecule has 1 aromatic rings. The van der Waals surface area contributed by atoms with Crippen LogP contribution in [0.1, 0.15) is 30.1 Å². The molecule has 0 bridgehead atoms. The number of benzene rings is 1. The largest absolute Gasteiger partial charge is 0.294 e. The fraction of sp³-hybridized carbons (Fsp3) is 0.417. The first-order valence-electron chi connectivity index (χ1n) is 5.09. The molecule has 2 rings (SSSR count). The van der Waals surface area contributed by atoms with Gasteiger partial charge < -0.3 is 0 Å². The van der Waals surface area contributed by atoms with E-state index in [9.17, 15) is 13.6 Å². The molecule has 0 saturated heterocycles. The molecule has 15 heavy (non-hydrogen) atoms. The van der Waals surface area contributed by atoms with Gasteiger partial charge in [-0.3, -0.25) is 4.79 Å². The zero-order valence-electron chi connectivity index (χ0n) is 8.47. The van der Waals surface area contributed by atoms with Crippen LogP contribution in [0.2, 0.25) is 0 Å². The molecular formula is C12H12F2O. The highest BCUT2D eigenvalue weighted by Crippen LogP contribution is 2.38. The van der Waals surface area contributed by atoms with Crippen LogP contribution in [-0.2, 0) is 0 Å². The van der Waals surface area contributed by atoms with E-state index < -0.39 is 17.4 Å². The number of hydrogen-bond acceptors (Lipinski definition) is 1. The van der Waals surface area contributed by atoms with E-state index in [1.807, 2.05) is 0 Å². The van der Waals surface area contributed by atoms with E-state index in [1.165, 1.54) is 6.07 Å². The van der Waals surface area contributed by atoms with Crippen molar-refractivity contribution >= 4 is 5.78 Å². The third-order valence-electron chi connectivity index (χ3n) is 2.95. The van der Waals surface area contributed by atoms with Crippen LogP contribution < -0.4 is 0 Å². The maximum Gasteiger partial charge on any atom is 0.171 e. The Bertz CT molecular complexity index is 376. The summed E-state index contributed by atoms with van der Waals surface area (Å²) in [5.41, 5.74) is -0.378. The molecule has 80 valence electrons. The van der Waals surface area contributed by atoms with Gasteiger partial charge >= 0.3 is 0 Å². The molecule has 1 saturated carbocycles. The number of halogens is 2. The lowest BCUT2D eigenvalue weighted by Crippen LogP contribution is -2.16. The van der Waals surface area contributed by atoms with E-state index in [-0.39, 0.29) is 11.5 Å². The van der Waals surface area contributed by atoms with E-state index >= 15 is 0 Å². The van der Waals surface area contributed by atoms with Crippen LogP contribution in [0, 0.1) is 23.5 Å². The van der Waals surface area contributed by atoms with Crippen LogP contribution in [0.3, 0.4) is 0 Å². The second kappa shape index (κ2) is 3.72. The zero-order valence-corrected chi connectivity index (χ0v) is 8.47. The Morgan fingerprint density at radius 2 is 1.87 bits per heavy atom. The fourth-order valence-electron chi connectivity index (χ4n) is 1.77. The minimum absolute atomic E-state index is 0.267. The summed E-state index contributed by atoms with van der Waals surface area (Å²) in [6.07, 6.45) is 1.98. The number of hydrogen-bond donors (Lipinski definition) is 0. The maximum atomic E-state index is 13.3. The smallest absolute Gasteiger partial charge is 0.171 e. The predicted molar refractivity (Wildman–Crippen MR) is 52.6 cm³/mol. The first kappa shape index (κ1) is 10.3. The van der Waals surface area contributed by atoms with Crippen molar-refractivity contribution in [2.24, 2.45) is 11.8 Å². The van der Waals surface area contributed by atoms with E-state index in [2.05, 4.69) is 0 Å². The summed E-state index contributed by atoms with van der Waals surface area (Å²) in [7, 11) is 0. The second-order valence-electron chi connectivity index (χ2n) is 4.09. The van der Waals surface area contributed by atoms with Crippen molar-refractivity contribution in [2.75, 3.05) is 0 Å². The third-order valence-corrected chi connectivity index (χ3v) is 2.95. The lowest BCUT2D eigenvalue weighted by Gasteiger charge is -2.10. The predicted octanol–water partition coefficient (Wildman–Crippen LogP) is 3.19. The van der Waals surface area contributed by atoms with Crippen molar-refractivity contribution < 1.29 is 13.6 Å². The summed E-state index contributed by atoms with van der Waals surface area (Å²) >= 11 is 0. The number of rotatable bonds is 3. The molecule has 0 radical (unpaired) electrons. The van der Waals surface area contributed by atoms with Gasteiger partial charge in [-0.15, -0.1) is 0 Å². The topological polar surface area (TPSA) is 17.1 Å². The molecule has 1 aliphatic carbocycles. The number of Topliss-reactive ketones (excluding diaryl/α,β-unsaturated/α-hetero) is 1. The lowest BCUT2D eigenvalue weighted by molar-refractivity contribution is 0.0907. The van der Waals surface area contributed by atoms with Crippen molar-refractivity contribution in [3.63, 3.8) is 0 Å². The van der Waals surface area contributed by atoms with Gasteiger partial charge in [0.1, 0.15) is 11.6 Å². The zero-order chi connectivity index (χ0) is 11.0. The van der Waals surface area contributed by atoms with Crippen molar-refractivity contribution in [2.45, 2.75) is 19.8 Å². The molecule has 1 fully saturated rings. The SMILES string of the molecule is CC(C(=O)c1c(F)cccc1F)C1CC1. The fourth-order valence-corrected chi connectivity index (χ4v) is 1.77. The van der Waals surface area contributed by atoms with Gasteiger partial charge in [0.2, 0.25) is 0 Å². The standard InChI is InChI=1S/C12H12F2O/c1-7(8-5-6-8)12(15)11-9(13)3-2-4-10(11)14/h2-4,7-8H,5-6H2,1H3. The molecule has 0 heterocycles. The molecule has 0 spiro atoms. The molecule has 0 aromatic heterocycles. The minimum atomic E-state index is -0.757. The highest BCUT2D eigenvalue weighted by atomic mass is 19.1. The van der Waals surface area contributed by atoms with Crippen molar-refractivity contribution in [3.05, 3.63) is 35.4 Å². The highest BCUT2D eigenvalue weighted by molar-refractivity contribution is 5.98. The molecule has 1 nitrogen and oxygen atoms in total. The van der Waals surface area contributed by atoms with Crippen LogP contribution in [0.25, 0.3) is 0 Å². The Labute approximate surface area is 87.1 Å². The Morgan fingerprint density at radius 1 is 1.33 bits per heavy atom. The van der Waals surface area contributed by atoms with Gasteiger partial charge in [0.25, 0.3) is 0 Å². The van der Waals surface area contributed by atoms with E-state index in [1.54, 1.807) is 6.92 Å². The van der Waals surface area contributed by atoms with E-state index in [0.717, 1.165) is 25.0 Å². The summed E-state index contributed by atoms with van der Waals surface area (Å²) in [6, 6.07) is 3.51. The second-order valence-corrected chi connectivity index (χ2v) is 4.09. The van der Waals surface area contributed by atoms with Gasteiger partial charge in [0, 0.05) is 5.92 Å². The average Bonchev–Trinajstić information content (AvgIpc) is 2.99. The molecule has 0 aliphatic heterocycles. The van der Waals surface area contributed by atoms with Crippen molar-refractivity contribution in [3.8, 4) is 0 Å². The minimum Gasteiger partial charge on any atom is -0.294 e. The summed E-state index contributed by atoms with van der Waals surface area (Å²) < 4.78 is 26.6. The normalized spacial score (nSPS) is 17.5. The molecule has 1 atom stereocenters. The van der Waals surface area contributed by atoms with Crippen LogP contribution in [0.4, 0.5) is 8.78 Å². The Kier molecular flexibility index (Phi) is 2.55. The van der Waals surface area contributed by atoms with Gasteiger partial charge in [0.05, 0.1) is 5.56 Å². The van der Waals surface area contributed by atoms with Crippen LogP contribution in [-0.4, -0.2) is 5.78 Å². The summed E-state index contributed by atoms with van der Waals surface area (Å²) in [4.78, 5) is 11.8. The molecule has 0 N–H and O–H groups in total.